The van der Waals surface area contributed by atoms with Gasteiger partial charge in [0.15, 0.2) is 6.61 Å². The lowest BCUT2D eigenvalue weighted by Crippen LogP contribution is -2.34. The van der Waals surface area contributed by atoms with Crippen molar-refractivity contribution in [3.8, 4) is 5.75 Å². The molecule has 0 aromatic heterocycles. The summed E-state index contributed by atoms with van der Waals surface area (Å²) in [5.41, 5.74) is 7.23. The number of nitrogens with two attached hydrogens (primary N) is 1. The van der Waals surface area contributed by atoms with Crippen LogP contribution in [0.4, 0.5) is 5.69 Å². The van der Waals surface area contributed by atoms with Crippen molar-refractivity contribution in [2.75, 3.05) is 12.3 Å². The van der Waals surface area contributed by atoms with Crippen LogP contribution in [0.15, 0.2) is 18.2 Å². The molecule has 0 aliphatic heterocycles. The summed E-state index contributed by atoms with van der Waals surface area (Å²) < 4.78 is 5.39. The van der Waals surface area contributed by atoms with Gasteiger partial charge in [-0.05, 0) is 32.4 Å². The van der Waals surface area contributed by atoms with Gasteiger partial charge in [0.1, 0.15) is 5.75 Å². The number of rotatable bonds is 4. The maximum atomic E-state index is 11.4. The normalized spacial score (nSPS) is 10.2. The summed E-state index contributed by atoms with van der Waals surface area (Å²) in [7, 11) is 0. The minimum atomic E-state index is -0.141. The van der Waals surface area contributed by atoms with E-state index in [9.17, 15) is 4.79 Å². The number of anilines is 1. The van der Waals surface area contributed by atoms with Crippen LogP contribution in [-0.2, 0) is 4.79 Å². The molecule has 1 amide bonds. The molecule has 0 fully saturated rings. The Morgan fingerprint density at radius 1 is 1.50 bits per heavy atom. The number of para-hydroxylation sites is 1. The molecule has 3 N–H and O–H groups in total. The molecule has 1 aromatic rings. The van der Waals surface area contributed by atoms with Gasteiger partial charge in [-0.3, -0.25) is 4.79 Å². The zero-order valence-electron chi connectivity index (χ0n) is 9.91. The predicted octanol–water partition coefficient (Wildman–Crippen LogP) is 1.48. The van der Waals surface area contributed by atoms with Crippen molar-refractivity contribution in [3.05, 3.63) is 23.8 Å². The summed E-state index contributed by atoms with van der Waals surface area (Å²) in [4.78, 5) is 11.4. The van der Waals surface area contributed by atoms with Gasteiger partial charge in [0, 0.05) is 6.04 Å². The van der Waals surface area contributed by atoms with Crippen LogP contribution in [0.2, 0.25) is 0 Å². The number of nitrogens with one attached hydrogen (secondary N) is 1. The van der Waals surface area contributed by atoms with Crippen LogP contribution in [0, 0.1) is 6.92 Å². The fourth-order valence-electron chi connectivity index (χ4n) is 1.37. The molecule has 0 heterocycles. The van der Waals surface area contributed by atoms with Gasteiger partial charge in [0.05, 0.1) is 5.69 Å². The lowest BCUT2D eigenvalue weighted by molar-refractivity contribution is -0.123. The Morgan fingerprint density at radius 2 is 2.19 bits per heavy atom. The van der Waals surface area contributed by atoms with E-state index < -0.39 is 0 Å². The van der Waals surface area contributed by atoms with Crippen molar-refractivity contribution in [1.29, 1.82) is 0 Å². The van der Waals surface area contributed by atoms with Crippen molar-refractivity contribution in [2.24, 2.45) is 0 Å². The molecule has 0 spiro atoms. The van der Waals surface area contributed by atoms with Gasteiger partial charge in [0.25, 0.3) is 5.91 Å². The average Bonchev–Trinajstić information content (AvgIpc) is 2.15. The first-order valence-electron chi connectivity index (χ1n) is 5.28. The first-order valence-corrected chi connectivity index (χ1v) is 5.28. The molecule has 1 rings (SSSR count). The van der Waals surface area contributed by atoms with Gasteiger partial charge in [0.2, 0.25) is 0 Å². The Balaban J connectivity index is 2.58. The molecule has 0 radical (unpaired) electrons. The van der Waals surface area contributed by atoms with Gasteiger partial charge >= 0.3 is 0 Å². The third kappa shape index (κ3) is 3.46. The van der Waals surface area contributed by atoms with E-state index in [0.717, 1.165) is 5.56 Å². The van der Waals surface area contributed by atoms with Gasteiger partial charge in [-0.1, -0.05) is 12.1 Å². The zero-order valence-corrected chi connectivity index (χ0v) is 9.91. The Kier molecular flexibility index (Phi) is 4.17. The minimum Gasteiger partial charge on any atom is -0.481 e. The fraction of sp³-hybridized carbons (Fsp3) is 0.417. The number of nitrogen functional groups attached to an aromatic ring is 1. The molecule has 0 aliphatic carbocycles. The molecular weight excluding hydrogens is 204 g/mol. The molecule has 16 heavy (non-hydrogen) atoms. The summed E-state index contributed by atoms with van der Waals surface area (Å²) in [6.45, 7) is 5.69. The largest absolute Gasteiger partial charge is 0.481 e. The molecular formula is C12H18N2O2. The molecule has 0 bridgehead atoms. The van der Waals surface area contributed by atoms with Crippen molar-refractivity contribution < 1.29 is 9.53 Å². The molecule has 0 saturated carbocycles. The van der Waals surface area contributed by atoms with E-state index in [4.69, 9.17) is 10.5 Å². The minimum absolute atomic E-state index is 0.00671. The second kappa shape index (κ2) is 5.39. The van der Waals surface area contributed by atoms with Crippen molar-refractivity contribution >= 4 is 11.6 Å². The number of amides is 1. The summed E-state index contributed by atoms with van der Waals surface area (Å²) in [5, 5.41) is 2.75. The zero-order chi connectivity index (χ0) is 12.1. The molecule has 1 aromatic carbocycles. The summed E-state index contributed by atoms with van der Waals surface area (Å²) >= 11 is 0. The summed E-state index contributed by atoms with van der Waals surface area (Å²) in [5.74, 6) is 0.444. The molecule has 0 atom stereocenters. The SMILES string of the molecule is Cc1cccc(N)c1OCC(=O)NC(C)C. The van der Waals surface area contributed by atoms with Crippen LogP contribution < -0.4 is 15.8 Å². The molecule has 4 nitrogen and oxygen atoms in total. The van der Waals surface area contributed by atoms with Crippen molar-refractivity contribution in [1.82, 2.24) is 5.32 Å². The van der Waals surface area contributed by atoms with E-state index in [1.54, 1.807) is 6.07 Å². The van der Waals surface area contributed by atoms with Crippen LogP contribution in [0.25, 0.3) is 0 Å². The quantitative estimate of drug-likeness (QED) is 0.758. The van der Waals surface area contributed by atoms with Gasteiger partial charge in [-0.15, -0.1) is 0 Å². The predicted molar refractivity (Wildman–Crippen MR) is 64.4 cm³/mol. The lowest BCUT2D eigenvalue weighted by atomic mass is 10.2. The third-order valence-electron chi connectivity index (χ3n) is 2.04. The van der Waals surface area contributed by atoms with E-state index in [-0.39, 0.29) is 18.6 Å². The number of hydrogen-bond donors (Lipinski definition) is 2. The molecule has 4 heteroatoms. The standard InChI is InChI=1S/C12H18N2O2/c1-8(2)14-11(15)7-16-12-9(3)5-4-6-10(12)13/h4-6,8H,7,13H2,1-3H3,(H,14,15). The highest BCUT2D eigenvalue weighted by Crippen LogP contribution is 2.25. The summed E-state index contributed by atoms with van der Waals surface area (Å²) in [6.07, 6.45) is 0. The molecule has 88 valence electrons. The Bertz CT molecular complexity index is 355. The van der Waals surface area contributed by atoms with E-state index in [1.807, 2.05) is 32.9 Å². The van der Waals surface area contributed by atoms with E-state index in [1.165, 1.54) is 0 Å². The van der Waals surface area contributed by atoms with E-state index >= 15 is 0 Å². The smallest absolute Gasteiger partial charge is 0.258 e. The van der Waals surface area contributed by atoms with Crippen LogP contribution in [-0.4, -0.2) is 18.6 Å². The molecule has 0 saturated heterocycles. The highest BCUT2D eigenvalue weighted by molar-refractivity contribution is 5.78. The number of benzene rings is 1. The highest BCUT2D eigenvalue weighted by atomic mass is 16.5. The first-order chi connectivity index (χ1) is 7.50. The van der Waals surface area contributed by atoms with Crippen molar-refractivity contribution in [3.63, 3.8) is 0 Å². The van der Waals surface area contributed by atoms with Gasteiger partial charge < -0.3 is 15.8 Å². The van der Waals surface area contributed by atoms with Crippen LogP contribution in [0.5, 0.6) is 5.75 Å². The van der Waals surface area contributed by atoms with Gasteiger partial charge in [-0.25, -0.2) is 0 Å². The average molecular weight is 222 g/mol. The van der Waals surface area contributed by atoms with Crippen LogP contribution in [0.3, 0.4) is 0 Å². The van der Waals surface area contributed by atoms with Crippen molar-refractivity contribution in [2.45, 2.75) is 26.8 Å². The number of carbonyl (C=O) groups is 1. The first kappa shape index (κ1) is 12.4. The topological polar surface area (TPSA) is 64.3 Å². The number of carbonyl (C=O) groups excluding carboxylic acids is 1. The van der Waals surface area contributed by atoms with E-state index in [0.29, 0.717) is 11.4 Å². The third-order valence-corrected chi connectivity index (χ3v) is 2.04. The highest BCUT2D eigenvalue weighted by Gasteiger charge is 2.08. The Morgan fingerprint density at radius 3 is 2.75 bits per heavy atom. The van der Waals surface area contributed by atoms with E-state index in [2.05, 4.69) is 5.32 Å². The van der Waals surface area contributed by atoms with Crippen LogP contribution in [0.1, 0.15) is 19.4 Å². The number of aryl methyl sites for hydroxylation is 1. The van der Waals surface area contributed by atoms with Crippen LogP contribution >= 0.6 is 0 Å². The number of hydrogen-bond acceptors (Lipinski definition) is 3. The molecule has 0 unspecified atom stereocenters. The fourth-order valence-corrected chi connectivity index (χ4v) is 1.37. The maximum Gasteiger partial charge on any atom is 0.258 e. The number of ether oxygens (including phenoxy) is 1. The monoisotopic (exact) mass is 222 g/mol. The lowest BCUT2D eigenvalue weighted by Gasteiger charge is -2.12. The molecule has 0 aliphatic rings. The second-order valence-electron chi connectivity index (χ2n) is 4.00. The Labute approximate surface area is 95.8 Å². The Hall–Kier alpha value is -1.71. The van der Waals surface area contributed by atoms with Gasteiger partial charge in [-0.2, -0.15) is 0 Å². The maximum absolute atomic E-state index is 11.4. The summed E-state index contributed by atoms with van der Waals surface area (Å²) in [6, 6.07) is 5.62. The second-order valence-corrected chi connectivity index (χ2v) is 4.00.